The van der Waals surface area contributed by atoms with Gasteiger partial charge in [0.05, 0.1) is 36.6 Å². The van der Waals surface area contributed by atoms with Gasteiger partial charge in [-0.2, -0.15) is 5.10 Å². The zero-order valence-corrected chi connectivity index (χ0v) is 13.3. The van der Waals surface area contributed by atoms with Crippen LogP contribution in [-0.4, -0.2) is 33.6 Å². The normalized spacial score (nSPS) is 10.8. The van der Waals surface area contributed by atoms with Crippen molar-refractivity contribution >= 4 is 28.3 Å². The number of carbonyl (C=O) groups is 2. The van der Waals surface area contributed by atoms with Crippen molar-refractivity contribution in [2.45, 2.75) is 13.5 Å². The number of carbonyl (C=O) groups excluding carboxylic acids is 2. The molecule has 0 spiro atoms. The Labute approximate surface area is 138 Å². The first-order valence-corrected chi connectivity index (χ1v) is 7.30. The molecule has 7 heteroatoms. The highest BCUT2D eigenvalue weighted by atomic mass is 16.5. The zero-order chi connectivity index (χ0) is 17.3. The van der Waals surface area contributed by atoms with Crippen molar-refractivity contribution in [2.24, 2.45) is 0 Å². The number of pyridine rings is 1. The number of methoxy groups -OCH3 is 1. The smallest absolute Gasteiger partial charge is 0.338 e. The summed E-state index contributed by atoms with van der Waals surface area (Å²) < 4.78 is 6.35. The van der Waals surface area contributed by atoms with Crippen LogP contribution in [-0.2, 0) is 11.3 Å². The predicted octanol–water partition coefficient (Wildman–Crippen LogP) is 2.05. The summed E-state index contributed by atoms with van der Waals surface area (Å²) in [6.45, 7) is 1.77. The number of benzene rings is 1. The molecule has 0 atom stereocenters. The van der Waals surface area contributed by atoms with Crippen molar-refractivity contribution in [3.05, 3.63) is 53.5 Å². The molecule has 1 aromatic carbocycles. The highest BCUT2D eigenvalue weighted by molar-refractivity contribution is 6.04. The summed E-state index contributed by atoms with van der Waals surface area (Å²) >= 11 is 0. The summed E-state index contributed by atoms with van der Waals surface area (Å²) in [6.07, 6.45) is 3.10. The molecule has 0 saturated carbocycles. The maximum Gasteiger partial charge on any atom is 0.338 e. The first kappa shape index (κ1) is 15.7. The quantitative estimate of drug-likeness (QED) is 0.582. The number of ketones is 1. The standard InChI is InChI=1S/C17H16N4O3/c1-10(22)16-14(18)8-20-21(16)9-11-5-6-13(17(23)24-2)12-4-3-7-19-15(11)12/h3-8H,9,18H2,1-2H3. The van der Waals surface area contributed by atoms with Crippen LogP contribution in [0.3, 0.4) is 0 Å². The van der Waals surface area contributed by atoms with Crippen LogP contribution in [0.4, 0.5) is 5.69 Å². The highest BCUT2D eigenvalue weighted by Gasteiger charge is 2.17. The minimum Gasteiger partial charge on any atom is -0.465 e. The van der Waals surface area contributed by atoms with Crippen LogP contribution in [0, 0.1) is 0 Å². The van der Waals surface area contributed by atoms with Crippen LogP contribution >= 0.6 is 0 Å². The van der Waals surface area contributed by atoms with E-state index in [0.717, 1.165) is 5.56 Å². The van der Waals surface area contributed by atoms with E-state index in [4.69, 9.17) is 10.5 Å². The molecule has 7 nitrogen and oxygen atoms in total. The Morgan fingerprint density at radius 1 is 1.29 bits per heavy atom. The number of nitrogens with zero attached hydrogens (tertiary/aromatic N) is 3. The van der Waals surface area contributed by atoms with Crippen molar-refractivity contribution in [1.82, 2.24) is 14.8 Å². The molecule has 0 unspecified atom stereocenters. The van der Waals surface area contributed by atoms with E-state index in [1.807, 2.05) is 0 Å². The monoisotopic (exact) mass is 324 g/mol. The molecule has 122 valence electrons. The van der Waals surface area contributed by atoms with Gasteiger partial charge < -0.3 is 10.5 Å². The second kappa shape index (κ2) is 6.11. The lowest BCUT2D eigenvalue weighted by Crippen LogP contribution is -2.12. The summed E-state index contributed by atoms with van der Waals surface area (Å²) in [5, 5.41) is 4.85. The summed E-state index contributed by atoms with van der Waals surface area (Å²) in [5.41, 5.74) is 8.43. The summed E-state index contributed by atoms with van der Waals surface area (Å²) in [5.74, 6) is -0.583. The molecule has 0 aliphatic rings. The van der Waals surface area contributed by atoms with Gasteiger partial charge in [0.25, 0.3) is 0 Å². The van der Waals surface area contributed by atoms with Crippen molar-refractivity contribution < 1.29 is 14.3 Å². The maximum absolute atomic E-state index is 11.9. The van der Waals surface area contributed by atoms with Gasteiger partial charge >= 0.3 is 5.97 Å². The Kier molecular flexibility index (Phi) is 3.99. The van der Waals surface area contributed by atoms with E-state index >= 15 is 0 Å². The molecule has 0 radical (unpaired) electrons. The molecule has 0 amide bonds. The SMILES string of the molecule is COC(=O)c1ccc(Cn2ncc(N)c2C(C)=O)c2ncccc12. The Balaban J connectivity index is 2.12. The third-order valence-corrected chi connectivity index (χ3v) is 3.78. The Bertz CT molecular complexity index is 946. The van der Waals surface area contributed by atoms with Gasteiger partial charge in [0.2, 0.25) is 0 Å². The minimum absolute atomic E-state index is 0.159. The number of fused-ring (bicyclic) bond motifs is 1. The number of aromatic nitrogens is 3. The second-order valence-electron chi connectivity index (χ2n) is 5.33. The van der Waals surface area contributed by atoms with Gasteiger partial charge in [0.1, 0.15) is 5.69 Å². The number of hydrogen-bond acceptors (Lipinski definition) is 6. The molecule has 2 aromatic heterocycles. The van der Waals surface area contributed by atoms with E-state index in [9.17, 15) is 9.59 Å². The van der Waals surface area contributed by atoms with E-state index in [1.54, 1.807) is 35.1 Å². The molecule has 0 aliphatic heterocycles. The predicted molar refractivity (Wildman–Crippen MR) is 88.8 cm³/mol. The van der Waals surface area contributed by atoms with Crippen LogP contribution in [0.2, 0.25) is 0 Å². The van der Waals surface area contributed by atoms with Gasteiger partial charge in [-0.1, -0.05) is 12.1 Å². The molecule has 3 rings (SSSR count). The third-order valence-electron chi connectivity index (χ3n) is 3.78. The summed E-state index contributed by atoms with van der Waals surface area (Å²) in [6, 6.07) is 7.03. The number of hydrogen-bond donors (Lipinski definition) is 1. The fraction of sp³-hybridized carbons (Fsp3) is 0.176. The van der Waals surface area contributed by atoms with E-state index < -0.39 is 5.97 Å². The van der Waals surface area contributed by atoms with Crippen molar-refractivity contribution in [3.63, 3.8) is 0 Å². The molecule has 2 heterocycles. The molecule has 0 bridgehead atoms. The second-order valence-corrected chi connectivity index (χ2v) is 5.33. The lowest BCUT2D eigenvalue weighted by atomic mass is 10.0. The fourth-order valence-electron chi connectivity index (χ4n) is 2.71. The molecular weight excluding hydrogens is 308 g/mol. The largest absolute Gasteiger partial charge is 0.465 e. The number of nitrogen functional groups attached to an aromatic ring is 1. The van der Waals surface area contributed by atoms with E-state index in [2.05, 4.69) is 10.1 Å². The van der Waals surface area contributed by atoms with Crippen molar-refractivity contribution in [3.8, 4) is 0 Å². The first-order valence-electron chi connectivity index (χ1n) is 7.30. The lowest BCUT2D eigenvalue weighted by Gasteiger charge is -2.11. The molecule has 0 aliphatic carbocycles. The topological polar surface area (TPSA) is 100 Å². The zero-order valence-electron chi connectivity index (χ0n) is 13.3. The molecular formula is C17H16N4O3. The van der Waals surface area contributed by atoms with Gasteiger partial charge in [0.15, 0.2) is 5.78 Å². The molecule has 2 N–H and O–H groups in total. The lowest BCUT2D eigenvalue weighted by molar-refractivity contribution is 0.0603. The number of Topliss-reactive ketones (excluding diaryl/α,β-unsaturated/α-hetero) is 1. The minimum atomic E-state index is -0.424. The van der Waals surface area contributed by atoms with Gasteiger partial charge in [-0.15, -0.1) is 0 Å². The molecule has 0 fully saturated rings. The van der Waals surface area contributed by atoms with Crippen LogP contribution in [0.25, 0.3) is 10.9 Å². The summed E-state index contributed by atoms with van der Waals surface area (Å²) in [4.78, 5) is 28.1. The highest BCUT2D eigenvalue weighted by Crippen LogP contribution is 2.23. The van der Waals surface area contributed by atoms with Gasteiger partial charge in [-0.3, -0.25) is 14.5 Å². The fourth-order valence-corrected chi connectivity index (χ4v) is 2.71. The number of nitrogens with two attached hydrogens (primary N) is 1. The van der Waals surface area contributed by atoms with Crippen LogP contribution in [0.5, 0.6) is 0 Å². The Hall–Kier alpha value is -3.22. The molecule has 24 heavy (non-hydrogen) atoms. The van der Waals surface area contributed by atoms with Crippen molar-refractivity contribution in [2.75, 3.05) is 12.8 Å². The van der Waals surface area contributed by atoms with Crippen molar-refractivity contribution in [1.29, 1.82) is 0 Å². The number of esters is 1. The molecule has 3 aromatic rings. The number of anilines is 1. The van der Waals surface area contributed by atoms with Gasteiger partial charge in [0, 0.05) is 18.5 Å². The number of rotatable bonds is 4. The van der Waals surface area contributed by atoms with E-state index in [0.29, 0.717) is 34.4 Å². The Morgan fingerprint density at radius 3 is 2.79 bits per heavy atom. The van der Waals surface area contributed by atoms with Crippen LogP contribution in [0.1, 0.15) is 33.3 Å². The average molecular weight is 324 g/mol. The van der Waals surface area contributed by atoms with E-state index in [1.165, 1.54) is 20.2 Å². The van der Waals surface area contributed by atoms with Gasteiger partial charge in [-0.05, 0) is 17.7 Å². The maximum atomic E-state index is 11.9. The van der Waals surface area contributed by atoms with Crippen LogP contribution in [0.15, 0.2) is 36.7 Å². The van der Waals surface area contributed by atoms with Crippen LogP contribution < -0.4 is 5.73 Å². The Morgan fingerprint density at radius 2 is 2.08 bits per heavy atom. The molecule has 0 saturated heterocycles. The number of ether oxygens (including phenoxy) is 1. The van der Waals surface area contributed by atoms with Gasteiger partial charge in [-0.25, -0.2) is 4.79 Å². The summed E-state index contributed by atoms with van der Waals surface area (Å²) in [7, 11) is 1.34. The average Bonchev–Trinajstić information content (AvgIpc) is 2.95. The third kappa shape index (κ3) is 2.60. The van der Waals surface area contributed by atoms with E-state index in [-0.39, 0.29) is 5.78 Å². The first-order chi connectivity index (χ1) is 11.5.